The van der Waals surface area contributed by atoms with E-state index in [1.54, 1.807) is 0 Å². The number of hydroxylamine groups is 2. The standard InChI is InChI=1S/C23H24F3N3O7S/c1-22(2)20(31)28(21(32)27(22)3)12-17(29(33)14-30)13-37(34,35)19-10-6-16(7-11-19)15-4-8-18(9-5-15)36-23(24,25)26/h4-11,14,17,33H,12-13H2,1-3H3. The van der Waals surface area contributed by atoms with Crippen LogP contribution < -0.4 is 4.74 Å². The van der Waals surface area contributed by atoms with E-state index < -0.39 is 57.8 Å². The van der Waals surface area contributed by atoms with E-state index in [1.807, 2.05) is 0 Å². The van der Waals surface area contributed by atoms with Crippen LogP contribution in [-0.4, -0.2) is 84.1 Å². The Morgan fingerprint density at radius 3 is 2.00 bits per heavy atom. The first-order valence-corrected chi connectivity index (χ1v) is 12.4. The number of hydrogen-bond donors (Lipinski definition) is 1. The summed E-state index contributed by atoms with van der Waals surface area (Å²) in [5.74, 6) is -1.82. The summed E-state index contributed by atoms with van der Waals surface area (Å²) in [6, 6.07) is 8.21. The van der Waals surface area contributed by atoms with E-state index in [2.05, 4.69) is 4.74 Å². The monoisotopic (exact) mass is 543 g/mol. The number of ether oxygens (including phenoxy) is 1. The Labute approximate surface area is 210 Å². The number of rotatable bonds is 9. The molecule has 2 aromatic carbocycles. The minimum absolute atomic E-state index is 0.0185. The quantitative estimate of drug-likeness (QED) is 0.223. The van der Waals surface area contributed by atoms with E-state index in [1.165, 1.54) is 62.2 Å². The van der Waals surface area contributed by atoms with Crippen LogP contribution in [0.25, 0.3) is 11.1 Å². The molecule has 0 saturated carbocycles. The van der Waals surface area contributed by atoms with Gasteiger partial charge in [0.05, 0.1) is 23.2 Å². The predicted molar refractivity (Wildman–Crippen MR) is 123 cm³/mol. The van der Waals surface area contributed by atoms with Crippen molar-refractivity contribution < 1.29 is 45.9 Å². The van der Waals surface area contributed by atoms with Crippen molar-refractivity contribution in [3.8, 4) is 16.9 Å². The van der Waals surface area contributed by atoms with E-state index in [9.17, 15) is 41.2 Å². The number of nitrogens with zero attached hydrogens (tertiary/aromatic N) is 3. The van der Waals surface area contributed by atoms with Crippen LogP contribution in [0.3, 0.4) is 0 Å². The van der Waals surface area contributed by atoms with Crippen LogP contribution in [0.1, 0.15) is 13.8 Å². The number of hydrogen-bond acceptors (Lipinski definition) is 7. The molecule has 0 aliphatic carbocycles. The maximum Gasteiger partial charge on any atom is 0.573 e. The fraction of sp³-hybridized carbons (Fsp3) is 0.348. The van der Waals surface area contributed by atoms with Crippen molar-refractivity contribution in [1.82, 2.24) is 14.9 Å². The van der Waals surface area contributed by atoms with Crippen LogP contribution in [-0.2, 0) is 19.4 Å². The molecule has 0 bridgehead atoms. The molecule has 1 aliphatic rings. The first kappa shape index (κ1) is 27.9. The molecule has 3 rings (SSSR count). The predicted octanol–water partition coefficient (Wildman–Crippen LogP) is 2.91. The number of alkyl halides is 3. The van der Waals surface area contributed by atoms with Gasteiger partial charge in [-0.25, -0.2) is 18.3 Å². The SMILES string of the molecule is CN1C(=O)N(CC(CS(=O)(=O)c2ccc(-c3ccc(OC(F)(F)F)cc3)cc2)N(O)C=O)C(=O)C1(C)C. The number of benzene rings is 2. The Bertz CT molecular complexity index is 1280. The van der Waals surface area contributed by atoms with E-state index >= 15 is 0 Å². The van der Waals surface area contributed by atoms with Gasteiger partial charge in [0.15, 0.2) is 9.84 Å². The molecule has 4 amide bonds. The van der Waals surface area contributed by atoms with Crippen molar-refractivity contribution in [2.75, 3.05) is 19.3 Å². The first-order valence-electron chi connectivity index (χ1n) is 10.8. The van der Waals surface area contributed by atoms with Gasteiger partial charge in [-0.3, -0.25) is 19.7 Å². The van der Waals surface area contributed by atoms with Gasteiger partial charge < -0.3 is 9.64 Å². The molecule has 1 saturated heterocycles. The lowest BCUT2D eigenvalue weighted by molar-refractivity contribution is -0.274. The van der Waals surface area contributed by atoms with Crippen molar-refractivity contribution in [3.05, 3.63) is 48.5 Å². The average molecular weight is 544 g/mol. The lowest BCUT2D eigenvalue weighted by Crippen LogP contribution is -2.48. The molecule has 1 heterocycles. The van der Waals surface area contributed by atoms with Gasteiger partial charge in [-0.05, 0) is 49.2 Å². The Hall–Kier alpha value is -3.65. The van der Waals surface area contributed by atoms with Crippen molar-refractivity contribution in [2.24, 2.45) is 0 Å². The summed E-state index contributed by atoms with van der Waals surface area (Å²) in [4.78, 5) is 38.1. The van der Waals surface area contributed by atoms with Crippen LogP contribution in [0, 0.1) is 0 Å². The summed E-state index contributed by atoms with van der Waals surface area (Å²) in [5.41, 5.74) is -0.185. The normalized spacial score (nSPS) is 16.6. The summed E-state index contributed by atoms with van der Waals surface area (Å²) in [7, 11) is -2.72. The average Bonchev–Trinajstić information content (AvgIpc) is 2.97. The number of sulfone groups is 1. The zero-order chi connectivity index (χ0) is 27.8. The van der Waals surface area contributed by atoms with Crippen LogP contribution in [0.4, 0.5) is 18.0 Å². The molecule has 0 radical (unpaired) electrons. The summed E-state index contributed by atoms with van der Waals surface area (Å²) in [5, 5.41) is 10.1. The fourth-order valence-electron chi connectivity index (χ4n) is 3.70. The molecular formula is C23H24F3N3O7S. The highest BCUT2D eigenvalue weighted by atomic mass is 32.2. The minimum atomic E-state index is -4.83. The molecule has 14 heteroatoms. The Balaban J connectivity index is 1.78. The molecule has 2 aromatic rings. The number of halogens is 3. The van der Waals surface area contributed by atoms with Crippen molar-refractivity contribution >= 4 is 28.2 Å². The van der Waals surface area contributed by atoms with E-state index in [0.29, 0.717) is 11.1 Å². The minimum Gasteiger partial charge on any atom is -0.406 e. The number of urea groups is 1. The fourth-order valence-corrected chi connectivity index (χ4v) is 5.21. The third kappa shape index (κ3) is 6.02. The summed E-state index contributed by atoms with van der Waals surface area (Å²) >= 11 is 0. The number of carbonyl (C=O) groups excluding carboxylic acids is 3. The molecule has 1 N–H and O–H groups in total. The highest BCUT2D eigenvalue weighted by Crippen LogP contribution is 2.29. The van der Waals surface area contributed by atoms with Gasteiger partial charge in [-0.15, -0.1) is 13.2 Å². The van der Waals surface area contributed by atoms with Gasteiger partial charge in [0.1, 0.15) is 11.3 Å². The Morgan fingerprint density at radius 2 is 1.57 bits per heavy atom. The third-order valence-electron chi connectivity index (χ3n) is 6.05. The second kappa shape index (κ2) is 10.0. The lowest BCUT2D eigenvalue weighted by atomic mass is 10.1. The summed E-state index contributed by atoms with van der Waals surface area (Å²) < 4.78 is 66.9. The molecule has 200 valence electrons. The number of likely N-dealkylation sites (N-methyl/N-ethyl adjacent to an activating group) is 1. The zero-order valence-electron chi connectivity index (χ0n) is 20.0. The zero-order valence-corrected chi connectivity index (χ0v) is 20.8. The van der Waals surface area contributed by atoms with Crippen LogP contribution >= 0.6 is 0 Å². The van der Waals surface area contributed by atoms with Crippen LogP contribution in [0.15, 0.2) is 53.4 Å². The van der Waals surface area contributed by atoms with Gasteiger partial charge >= 0.3 is 12.4 Å². The second-order valence-electron chi connectivity index (χ2n) is 8.83. The number of carbonyl (C=O) groups is 3. The van der Waals surface area contributed by atoms with Crippen LogP contribution in [0.5, 0.6) is 5.75 Å². The van der Waals surface area contributed by atoms with Gasteiger partial charge in [0, 0.05) is 7.05 Å². The number of imide groups is 1. The molecule has 10 nitrogen and oxygen atoms in total. The van der Waals surface area contributed by atoms with Gasteiger partial charge in [0.25, 0.3) is 5.91 Å². The molecule has 1 unspecified atom stereocenters. The molecule has 37 heavy (non-hydrogen) atoms. The van der Waals surface area contributed by atoms with Crippen LogP contribution in [0.2, 0.25) is 0 Å². The highest BCUT2D eigenvalue weighted by molar-refractivity contribution is 7.91. The number of amides is 4. The maximum atomic E-state index is 13.0. The smallest absolute Gasteiger partial charge is 0.406 e. The Morgan fingerprint density at radius 1 is 1.05 bits per heavy atom. The largest absolute Gasteiger partial charge is 0.573 e. The first-order chi connectivity index (χ1) is 17.1. The van der Waals surface area contributed by atoms with Crippen molar-refractivity contribution in [1.29, 1.82) is 0 Å². The molecular weight excluding hydrogens is 519 g/mol. The second-order valence-corrected chi connectivity index (χ2v) is 10.9. The molecule has 1 fully saturated rings. The Kier molecular flexibility index (Phi) is 7.56. The molecule has 1 atom stereocenters. The van der Waals surface area contributed by atoms with Crippen molar-refractivity contribution in [3.63, 3.8) is 0 Å². The highest BCUT2D eigenvalue weighted by Gasteiger charge is 2.50. The van der Waals surface area contributed by atoms with Gasteiger partial charge in [-0.1, -0.05) is 24.3 Å². The van der Waals surface area contributed by atoms with E-state index in [4.69, 9.17) is 0 Å². The van der Waals surface area contributed by atoms with Gasteiger partial charge in [0.2, 0.25) is 6.41 Å². The molecule has 0 aromatic heterocycles. The third-order valence-corrected chi connectivity index (χ3v) is 7.86. The summed E-state index contributed by atoms with van der Waals surface area (Å²) in [6.45, 7) is 2.46. The molecule has 1 aliphatic heterocycles. The topological polar surface area (TPSA) is 125 Å². The van der Waals surface area contributed by atoms with E-state index in [0.717, 1.165) is 17.0 Å². The lowest BCUT2D eigenvalue weighted by Gasteiger charge is -2.26. The summed E-state index contributed by atoms with van der Waals surface area (Å²) in [6.07, 6.45) is -4.85. The van der Waals surface area contributed by atoms with E-state index in [-0.39, 0.29) is 16.4 Å². The van der Waals surface area contributed by atoms with Gasteiger partial charge in [-0.2, -0.15) is 0 Å². The molecule has 0 spiro atoms. The maximum absolute atomic E-state index is 13.0. The van der Waals surface area contributed by atoms with Crippen molar-refractivity contribution in [2.45, 2.75) is 36.7 Å².